The van der Waals surface area contributed by atoms with Crippen molar-refractivity contribution in [1.29, 1.82) is 0 Å². The lowest BCUT2D eigenvalue weighted by Gasteiger charge is -2.11. The number of hydrogen-bond acceptors (Lipinski definition) is 3. The van der Waals surface area contributed by atoms with Gasteiger partial charge in [-0.1, -0.05) is 23.7 Å². The number of rotatable bonds is 1. The van der Waals surface area contributed by atoms with Crippen molar-refractivity contribution in [1.82, 2.24) is 0 Å². The molecule has 0 unspecified atom stereocenters. The first-order valence-corrected chi connectivity index (χ1v) is 6.79. The third-order valence-corrected chi connectivity index (χ3v) is 3.68. The number of halogens is 4. The molecule has 0 spiro atoms. The summed E-state index contributed by atoms with van der Waals surface area (Å²) in [6, 6.07) is 9.01. The molecule has 3 rings (SSSR count). The van der Waals surface area contributed by atoms with Gasteiger partial charge in [-0.15, -0.1) is 0 Å². The van der Waals surface area contributed by atoms with Gasteiger partial charge in [-0.3, -0.25) is 0 Å². The lowest BCUT2D eigenvalue weighted by molar-refractivity contribution is -0.136. The first-order valence-electron chi connectivity index (χ1n) is 6.41. The van der Waals surface area contributed by atoms with Crippen molar-refractivity contribution >= 4 is 22.4 Å². The van der Waals surface area contributed by atoms with Crippen LogP contribution >= 0.6 is 11.6 Å². The van der Waals surface area contributed by atoms with Crippen LogP contribution in [0.15, 0.2) is 51.7 Å². The van der Waals surface area contributed by atoms with E-state index in [2.05, 4.69) is 0 Å². The van der Waals surface area contributed by atoms with Gasteiger partial charge in [-0.25, -0.2) is 4.79 Å². The molecule has 3 aromatic rings. The van der Waals surface area contributed by atoms with Crippen LogP contribution in [0.2, 0.25) is 5.02 Å². The molecule has 0 aliphatic rings. The molecule has 118 valence electrons. The Balaban J connectivity index is 2.39. The molecular formula is C16H8ClF3O3. The van der Waals surface area contributed by atoms with Crippen molar-refractivity contribution in [2.24, 2.45) is 0 Å². The van der Waals surface area contributed by atoms with Crippen molar-refractivity contribution in [2.45, 2.75) is 6.18 Å². The molecule has 0 fully saturated rings. The van der Waals surface area contributed by atoms with Gasteiger partial charge in [0.15, 0.2) is 0 Å². The van der Waals surface area contributed by atoms with E-state index in [0.717, 1.165) is 12.1 Å². The van der Waals surface area contributed by atoms with Crippen molar-refractivity contribution in [3.8, 4) is 17.1 Å². The van der Waals surface area contributed by atoms with Gasteiger partial charge in [0.05, 0.1) is 16.5 Å². The van der Waals surface area contributed by atoms with E-state index in [-0.39, 0.29) is 27.5 Å². The maximum atomic E-state index is 13.1. The monoisotopic (exact) mass is 340 g/mol. The van der Waals surface area contributed by atoms with E-state index in [9.17, 15) is 23.1 Å². The topological polar surface area (TPSA) is 50.4 Å². The zero-order valence-corrected chi connectivity index (χ0v) is 12.1. The number of fused-ring (bicyclic) bond motifs is 1. The van der Waals surface area contributed by atoms with Gasteiger partial charge in [0.1, 0.15) is 11.5 Å². The minimum Gasteiger partial charge on any atom is -0.507 e. The van der Waals surface area contributed by atoms with Crippen LogP contribution in [0.25, 0.3) is 22.1 Å². The fourth-order valence-corrected chi connectivity index (χ4v) is 2.53. The normalized spacial score (nSPS) is 11.8. The molecule has 0 aliphatic carbocycles. The van der Waals surface area contributed by atoms with Crippen LogP contribution < -0.4 is 5.63 Å². The van der Waals surface area contributed by atoms with Crippen molar-refractivity contribution in [3.63, 3.8) is 0 Å². The van der Waals surface area contributed by atoms with Gasteiger partial charge in [-0.2, -0.15) is 13.2 Å². The molecule has 2 aromatic carbocycles. The van der Waals surface area contributed by atoms with E-state index < -0.39 is 22.8 Å². The average molecular weight is 341 g/mol. The summed E-state index contributed by atoms with van der Waals surface area (Å²) in [5, 5.41) is 9.07. The number of para-hydroxylation sites is 1. The van der Waals surface area contributed by atoms with E-state index in [1.54, 1.807) is 12.1 Å². The molecule has 1 aromatic heterocycles. The van der Waals surface area contributed by atoms with Crippen molar-refractivity contribution in [2.75, 3.05) is 0 Å². The Morgan fingerprint density at radius 2 is 1.78 bits per heavy atom. The van der Waals surface area contributed by atoms with Gasteiger partial charge >= 0.3 is 11.8 Å². The van der Waals surface area contributed by atoms with E-state index in [1.165, 1.54) is 18.2 Å². The number of aromatic hydroxyl groups is 1. The lowest BCUT2D eigenvalue weighted by Crippen LogP contribution is -2.12. The van der Waals surface area contributed by atoms with Gasteiger partial charge < -0.3 is 9.52 Å². The number of phenolic OH excluding ortho intramolecular Hbond substituents is 1. The highest BCUT2D eigenvalue weighted by atomic mass is 35.5. The summed E-state index contributed by atoms with van der Waals surface area (Å²) in [7, 11) is 0. The Bertz CT molecular complexity index is 961. The summed E-state index contributed by atoms with van der Waals surface area (Å²) in [5.74, 6) is -0.236. The summed E-state index contributed by atoms with van der Waals surface area (Å²) < 4.78 is 44.1. The van der Waals surface area contributed by atoms with Gasteiger partial charge in [0, 0.05) is 10.4 Å². The minimum atomic E-state index is -4.71. The Morgan fingerprint density at radius 1 is 1.09 bits per heavy atom. The third-order valence-electron chi connectivity index (χ3n) is 3.35. The predicted octanol–water partition coefficient (Wildman–Crippen LogP) is 4.84. The standard InChI is InChI=1S/C16H8ClF3O3/c17-11-6-5-10(16(18,19)20)14-9(11)7-13(23-15(14)22)8-3-1-2-4-12(8)21/h1-7,21H. The highest BCUT2D eigenvalue weighted by Crippen LogP contribution is 2.38. The summed E-state index contributed by atoms with van der Waals surface area (Å²) in [6.07, 6.45) is -4.71. The first-order chi connectivity index (χ1) is 10.8. The van der Waals surface area contributed by atoms with E-state index in [4.69, 9.17) is 16.0 Å². The quantitative estimate of drug-likeness (QED) is 0.689. The SMILES string of the molecule is O=c1oc(-c2ccccc2O)cc2c(Cl)ccc(C(F)(F)F)c12. The lowest BCUT2D eigenvalue weighted by atomic mass is 10.0. The molecule has 0 bridgehead atoms. The van der Waals surface area contributed by atoms with Crippen LogP contribution in [0, 0.1) is 0 Å². The fourth-order valence-electron chi connectivity index (χ4n) is 2.32. The highest BCUT2D eigenvalue weighted by Gasteiger charge is 2.34. The van der Waals surface area contributed by atoms with Gasteiger partial charge in [0.25, 0.3) is 0 Å². The van der Waals surface area contributed by atoms with E-state index in [1.807, 2.05) is 0 Å². The molecule has 0 atom stereocenters. The number of alkyl halides is 3. The maximum Gasteiger partial charge on any atom is 0.417 e. The van der Waals surface area contributed by atoms with Crippen molar-refractivity contribution < 1.29 is 22.7 Å². The molecule has 1 N–H and O–H groups in total. The second-order valence-corrected chi connectivity index (χ2v) is 5.20. The maximum absolute atomic E-state index is 13.1. The first kappa shape index (κ1) is 15.4. The Kier molecular flexibility index (Phi) is 3.56. The van der Waals surface area contributed by atoms with E-state index in [0.29, 0.717) is 0 Å². The molecule has 0 saturated carbocycles. The van der Waals surface area contributed by atoms with Crippen LogP contribution in [-0.4, -0.2) is 5.11 Å². The molecule has 3 nitrogen and oxygen atoms in total. The Labute approximate surface area is 132 Å². The zero-order chi connectivity index (χ0) is 16.8. The average Bonchev–Trinajstić information content (AvgIpc) is 2.47. The minimum absolute atomic E-state index is 0.0161. The third kappa shape index (κ3) is 2.66. The molecular weight excluding hydrogens is 333 g/mol. The Hall–Kier alpha value is -2.47. The summed E-state index contributed by atoms with van der Waals surface area (Å²) >= 11 is 5.94. The second kappa shape index (κ2) is 5.31. The molecule has 0 saturated heterocycles. The summed E-state index contributed by atoms with van der Waals surface area (Å²) in [6.45, 7) is 0. The van der Waals surface area contributed by atoms with Crippen LogP contribution in [0.3, 0.4) is 0 Å². The second-order valence-electron chi connectivity index (χ2n) is 4.80. The fraction of sp³-hybridized carbons (Fsp3) is 0.0625. The summed E-state index contributed by atoms with van der Waals surface area (Å²) in [4.78, 5) is 12.1. The van der Waals surface area contributed by atoms with Crippen LogP contribution in [0.4, 0.5) is 13.2 Å². The van der Waals surface area contributed by atoms with Gasteiger partial charge in [0.2, 0.25) is 0 Å². The number of hydrogen-bond donors (Lipinski definition) is 1. The van der Waals surface area contributed by atoms with Gasteiger partial charge in [-0.05, 0) is 30.3 Å². The van der Waals surface area contributed by atoms with Crippen LogP contribution in [0.5, 0.6) is 5.75 Å². The molecule has 0 aliphatic heterocycles. The van der Waals surface area contributed by atoms with Crippen LogP contribution in [-0.2, 0) is 6.18 Å². The zero-order valence-electron chi connectivity index (χ0n) is 11.3. The number of benzene rings is 2. The smallest absolute Gasteiger partial charge is 0.417 e. The molecule has 0 amide bonds. The van der Waals surface area contributed by atoms with Crippen molar-refractivity contribution in [3.05, 3.63) is 63.5 Å². The van der Waals surface area contributed by atoms with E-state index >= 15 is 0 Å². The largest absolute Gasteiger partial charge is 0.507 e. The highest BCUT2D eigenvalue weighted by molar-refractivity contribution is 6.35. The Morgan fingerprint density at radius 3 is 2.43 bits per heavy atom. The van der Waals surface area contributed by atoms with Crippen LogP contribution in [0.1, 0.15) is 5.56 Å². The molecule has 0 radical (unpaired) electrons. The molecule has 7 heteroatoms. The molecule has 1 heterocycles. The molecule has 23 heavy (non-hydrogen) atoms. The number of phenols is 1. The summed E-state index contributed by atoms with van der Waals surface area (Å²) in [5.41, 5.74) is -2.11. The predicted molar refractivity (Wildman–Crippen MR) is 79.6 cm³/mol.